The molecule has 0 aliphatic heterocycles. The second kappa shape index (κ2) is 8.45. The molecule has 4 rings (SSSR count). The summed E-state index contributed by atoms with van der Waals surface area (Å²) in [5.41, 5.74) is 1.80. The van der Waals surface area contributed by atoms with E-state index in [1.54, 1.807) is 42.5 Å². The molecule has 6 heteroatoms. The highest BCUT2D eigenvalue weighted by Gasteiger charge is 2.46. The minimum Gasteiger partial charge on any atom is -0.447 e. The van der Waals surface area contributed by atoms with Gasteiger partial charge in [0.2, 0.25) is 6.10 Å². The first-order valence-electron chi connectivity index (χ1n) is 9.58. The Morgan fingerprint density at radius 2 is 1.47 bits per heavy atom. The molecule has 3 unspecified atom stereocenters. The molecule has 30 heavy (non-hydrogen) atoms. The molecule has 0 saturated heterocycles. The van der Waals surface area contributed by atoms with Gasteiger partial charge in [-0.2, -0.15) is 0 Å². The van der Waals surface area contributed by atoms with Crippen molar-refractivity contribution in [3.8, 4) is 0 Å². The van der Waals surface area contributed by atoms with Gasteiger partial charge in [0, 0.05) is 11.3 Å². The normalized spacial score (nSPS) is 18.3. The van der Waals surface area contributed by atoms with Crippen LogP contribution in [0.1, 0.15) is 29.6 Å². The van der Waals surface area contributed by atoms with E-state index in [0.29, 0.717) is 17.7 Å². The average molecular weight is 407 g/mol. The van der Waals surface area contributed by atoms with Gasteiger partial charge < -0.3 is 10.1 Å². The van der Waals surface area contributed by atoms with Crippen LogP contribution in [0.25, 0.3) is 0 Å². The van der Waals surface area contributed by atoms with Crippen molar-refractivity contribution in [1.29, 1.82) is 0 Å². The molecule has 152 valence electrons. The Hall–Kier alpha value is -3.54. The first kappa shape index (κ1) is 19.8. The van der Waals surface area contributed by atoms with Gasteiger partial charge >= 0.3 is 5.97 Å². The maximum atomic E-state index is 13.1. The third kappa shape index (κ3) is 4.54. The lowest BCUT2D eigenvalue weighted by atomic mass is 10.1. The smallest absolute Gasteiger partial charge is 0.310 e. The van der Waals surface area contributed by atoms with Crippen molar-refractivity contribution in [2.45, 2.75) is 18.4 Å². The zero-order valence-electron chi connectivity index (χ0n) is 15.9. The van der Waals surface area contributed by atoms with Gasteiger partial charge in [-0.15, -0.1) is 0 Å². The van der Waals surface area contributed by atoms with E-state index >= 15 is 0 Å². The Balaban J connectivity index is 1.48. The standard InChI is InChI=1S/C24H19F2NO3/c25-17-8-6-15(7-9-17)20-14-21(20)24(29)30-22(16-4-2-1-3-5-16)23(28)27-19-12-10-18(26)11-13-19/h1-13,20-22H,14H2,(H,27,28). The van der Waals surface area contributed by atoms with E-state index in [4.69, 9.17) is 4.74 Å². The van der Waals surface area contributed by atoms with Crippen LogP contribution in [0, 0.1) is 17.6 Å². The van der Waals surface area contributed by atoms with E-state index in [9.17, 15) is 18.4 Å². The second-order valence-corrected chi connectivity index (χ2v) is 7.22. The highest BCUT2D eigenvalue weighted by molar-refractivity contribution is 5.96. The predicted molar refractivity (Wildman–Crippen MR) is 108 cm³/mol. The van der Waals surface area contributed by atoms with Gasteiger partial charge in [0.15, 0.2) is 0 Å². The summed E-state index contributed by atoms with van der Waals surface area (Å²) in [5, 5.41) is 2.66. The van der Waals surface area contributed by atoms with Gasteiger partial charge in [-0.25, -0.2) is 8.78 Å². The van der Waals surface area contributed by atoms with Crippen LogP contribution < -0.4 is 5.32 Å². The summed E-state index contributed by atoms with van der Waals surface area (Å²) in [7, 11) is 0. The third-order valence-corrected chi connectivity index (χ3v) is 5.08. The minimum absolute atomic E-state index is 0.0466. The summed E-state index contributed by atoms with van der Waals surface area (Å²) in [4.78, 5) is 25.6. The number of benzene rings is 3. The molecule has 0 bridgehead atoms. The van der Waals surface area contributed by atoms with E-state index in [1.165, 1.54) is 36.4 Å². The van der Waals surface area contributed by atoms with Crippen molar-refractivity contribution < 1.29 is 23.1 Å². The Labute approximate surface area is 172 Å². The summed E-state index contributed by atoms with van der Waals surface area (Å²) in [5.74, 6) is -2.18. The molecule has 1 fully saturated rings. The quantitative estimate of drug-likeness (QED) is 0.586. The van der Waals surface area contributed by atoms with Gasteiger partial charge in [-0.3, -0.25) is 9.59 Å². The summed E-state index contributed by atoms with van der Waals surface area (Å²) < 4.78 is 31.8. The minimum atomic E-state index is -1.14. The summed E-state index contributed by atoms with van der Waals surface area (Å²) in [6, 6.07) is 20.1. The number of hydrogen-bond acceptors (Lipinski definition) is 3. The van der Waals surface area contributed by atoms with E-state index in [2.05, 4.69) is 5.32 Å². The van der Waals surface area contributed by atoms with E-state index < -0.39 is 23.8 Å². The summed E-state index contributed by atoms with van der Waals surface area (Å²) >= 11 is 0. The van der Waals surface area contributed by atoms with Crippen molar-refractivity contribution in [2.24, 2.45) is 5.92 Å². The SMILES string of the molecule is O=C(Nc1ccc(F)cc1)C(OC(=O)C1CC1c1ccc(F)cc1)c1ccccc1. The molecule has 1 N–H and O–H groups in total. The molecule has 0 heterocycles. The molecule has 0 spiro atoms. The molecule has 1 aliphatic carbocycles. The fourth-order valence-corrected chi connectivity index (χ4v) is 3.38. The van der Waals surface area contributed by atoms with Crippen molar-refractivity contribution in [3.63, 3.8) is 0 Å². The maximum Gasteiger partial charge on any atom is 0.310 e. The van der Waals surface area contributed by atoms with E-state index in [-0.39, 0.29) is 17.7 Å². The molecule has 3 atom stereocenters. The van der Waals surface area contributed by atoms with Crippen molar-refractivity contribution >= 4 is 17.6 Å². The molecule has 0 aromatic heterocycles. The van der Waals surface area contributed by atoms with Crippen LogP contribution >= 0.6 is 0 Å². The molecule has 3 aromatic rings. The molecule has 1 saturated carbocycles. The number of nitrogens with one attached hydrogen (secondary N) is 1. The van der Waals surface area contributed by atoms with Crippen LogP contribution in [0.3, 0.4) is 0 Å². The fourth-order valence-electron chi connectivity index (χ4n) is 3.38. The Morgan fingerprint density at radius 3 is 2.10 bits per heavy atom. The average Bonchev–Trinajstić information content (AvgIpc) is 3.55. The number of halogens is 2. The number of amides is 1. The van der Waals surface area contributed by atoms with E-state index in [1.807, 2.05) is 0 Å². The van der Waals surface area contributed by atoms with Crippen molar-refractivity contribution in [3.05, 3.63) is 102 Å². The number of esters is 1. The Bertz CT molecular complexity index is 1040. The zero-order chi connectivity index (χ0) is 21.1. The number of rotatable bonds is 6. The van der Waals surface area contributed by atoms with Gasteiger partial charge in [0.1, 0.15) is 11.6 Å². The van der Waals surface area contributed by atoms with Crippen LogP contribution in [0.2, 0.25) is 0 Å². The highest BCUT2D eigenvalue weighted by Crippen LogP contribution is 2.48. The Morgan fingerprint density at radius 1 is 0.867 bits per heavy atom. The monoisotopic (exact) mass is 407 g/mol. The molecule has 3 aromatic carbocycles. The number of carbonyl (C=O) groups excluding carboxylic acids is 2. The molecule has 1 aliphatic rings. The fraction of sp³-hybridized carbons (Fsp3) is 0.167. The van der Waals surface area contributed by atoms with Gasteiger partial charge in [-0.1, -0.05) is 42.5 Å². The first-order chi connectivity index (χ1) is 14.5. The molecule has 0 radical (unpaired) electrons. The molecule has 1 amide bonds. The largest absolute Gasteiger partial charge is 0.447 e. The molecule has 4 nitrogen and oxygen atoms in total. The lowest BCUT2D eigenvalue weighted by Crippen LogP contribution is -2.26. The number of ether oxygens (including phenoxy) is 1. The highest BCUT2D eigenvalue weighted by atomic mass is 19.1. The van der Waals surface area contributed by atoms with Gasteiger partial charge in [-0.05, 0) is 54.3 Å². The maximum absolute atomic E-state index is 13.1. The second-order valence-electron chi connectivity index (χ2n) is 7.22. The molecular formula is C24H19F2NO3. The van der Waals surface area contributed by atoms with Gasteiger partial charge in [0.25, 0.3) is 5.91 Å². The van der Waals surface area contributed by atoms with Crippen LogP contribution in [0.5, 0.6) is 0 Å². The predicted octanol–water partition coefficient (Wildman–Crippen LogP) is 4.99. The molecular weight excluding hydrogens is 388 g/mol. The number of carbonyl (C=O) groups is 2. The number of hydrogen-bond donors (Lipinski definition) is 1. The van der Waals surface area contributed by atoms with Gasteiger partial charge in [0.05, 0.1) is 5.92 Å². The van der Waals surface area contributed by atoms with Crippen molar-refractivity contribution in [1.82, 2.24) is 0 Å². The summed E-state index contributed by atoms with van der Waals surface area (Å²) in [6.07, 6.45) is -0.552. The first-order valence-corrected chi connectivity index (χ1v) is 9.58. The van der Waals surface area contributed by atoms with Crippen LogP contribution in [0.4, 0.5) is 14.5 Å². The van der Waals surface area contributed by atoms with E-state index in [0.717, 1.165) is 5.56 Å². The van der Waals surface area contributed by atoms with Crippen LogP contribution in [-0.2, 0) is 14.3 Å². The lowest BCUT2D eigenvalue weighted by molar-refractivity contribution is -0.156. The third-order valence-electron chi connectivity index (χ3n) is 5.08. The Kier molecular flexibility index (Phi) is 5.57. The van der Waals surface area contributed by atoms with Crippen LogP contribution in [0.15, 0.2) is 78.9 Å². The topological polar surface area (TPSA) is 55.4 Å². The summed E-state index contributed by atoms with van der Waals surface area (Å²) in [6.45, 7) is 0. The van der Waals surface area contributed by atoms with Crippen LogP contribution in [-0.4, -0.2) is 11.9 Å². The zero-order valence-corrected chi connectivity index (χ0v) is 15.9. The lowest BCUT2D eigenvalue weighted by Gasteiger charge is -2.18. The van der Waals surface area contributed by atoms with Crippen molar-refractivity contribution in [2.75, 3.05) is 5.32 Å². The number of anilines is 1.